The van der Waals surface area contributed by atoms with Gasteiger partial charge < -0.3 is 35.5 Å². The lowest BCUT2D eigenvalue weighted by molar-refractivity contribution is -0.143. The van der Waals surface area contributed by atoms with Gasteiger partial charge in [-0.05, 0) is 42.8 Å². The Kier molecular flexibility index (Phi) is 8.04. The quantitative estimate of drug-likeness (QED) is 0.295. The highest BCUT2D eigenvalue weighted by atomic mass is 16.7. The molecular weight excluding hydrogens is 478 g/mol. The summed E-state index contributed by atoms with van der Waals surface area (Å²) in [7, 11) is 0. The molecule has 4 rings (SSSR count). The summed E-state index contributed by atoms with van der Waals surface area (Å²) >= 11 is 0. The molecule has 3 aromatic rings. The van der Waals surface area contributed by atoms with Crippen molar-refractivity contribution >= 4 is 35.0 Å². The van der Waals surface area contributed by atoms with Crippen molar-refractivity contribution in [1.82, 2.24) is 9.88 Å². The summed E-state index contributed by atoms with van der Waals surface area (Å²) < 4.78 is 15.7. The number of nitrogens with one attached hydrogen (secondary N) is 2. The Morgan fingerprint density at radius 3 is 2.62 bits per heavy atom. The van der Waals surface area contributed by atoms with Crippen molar-refractivity contribution < 1.29 is 28.6 Å². The van der Waals surface area contributed by atoms with Crippen LogP contribution in [0.3, 0.4) is 0 Å². The van der Waals surface area contributed by atoms with E-state index in [0.29, 0.717) is 34.1 Å². The van der Waals surface area contributed by atoms with Crippen molar-refractivity contribution in [2.45, 2.75) is 19.9 Å². The van der Waals surface area contributed by atoms with Gasteiger partial charge in [0.25, 0.3) is 5.91 Å². The predicted octanol–water partition coefficient (Wildman–Crippen LogP) is 3.63. The molecule has 0 saturated heterocycles. The van der Waals surface area contributed by atoms with Gasteiger partial charge in [-0.15, -0.1) is 0 Å². The van der Waals surface area contributed by atoms with Crippen molar-refractivity contribution in [3.63, 3.8) is 0 Å². The van der Waals surface area contributed by atoms with E-state index in [4.69, 9.17) is 19.9 Å². The second-order valence-corrected chi connectivity index (χ2v) is 8.07. The fourth-order valence-corrected chi connectivity index (χ4v) is 3.56. The highest BCUT2D eigenvalue weighted by Crippen LogP contribution is 2.34. The van der Waals surface area contributed by atoms with Gasteiger partial charge in [-0.2, -0.15) is 0 Å². The lowest BCUT2D eigenvalue weighted by Gasteiger charge is -2.23. The second-order valence-electron chi connectivity index (χ2n) is 8.07. The second kappa shape index (κ2) is 11.8. The summed E-state index contributed by atoms with van der Waals surface area (Å²) in [6.07, 6.45) is 1.53. The predicted molar refractivity (Wildman–Crippen MR) is 136 cm³/mol. The van der Waals surface area contributed by atoms with Gasteiger partial charge in [-0.25, -0.2) is 4.79 Å². The van der Waals surface area contributed by atoms with Gasteiger partial charge in [0.1, 0.15) is 5.69 Å². The summed E-state index contributed by atoms with van der Waals surface area (Å²) in [6.45, 7) is 2.36. The first-order valence-electron chi connectivity index (χ1n) is 11.6. The minimum atomic E-state index is -0.426. The molecule has 0 radical (unpaired) electrons. The molecule has 4 N–H and O–H groups in total. The van der Waals surface area contributed by atoms with E-state index in [9.17, 15) is 14.4 Å². The molecule has 1 aliphatic rings. The van der Waals surface area contributed by atoms with Crippen molar-refractivity contribution in [3.05, 3.63) is 72.1 Å². The van der Waals surface area contributed by atoms with Crippen LogP contribution in [-0.4, -0.2) is 47.7 Å². The van der Waals surface area contributed by atoms with E-state index in [2.05, 4.69) is 15.6 Å². The number of nitrogen functional groups attached to an aromatic ring is 1. The molecule has 2 aromatic carbocycles. The molecule has 3 amide bonds. The summed E-state index contributed by atoms with van der Waals surface area (Å²) in [6, 6.07) is 14.8. The summed E-state index contributed by atoms with van der Waals surface area (Å²) in [4.78, 5) is 43.3. The highest BCUT2D eigenvalue weighted by molar-refractivity contribution is 6.04. The maximum atomic E-state index is 13.1. The fourth-order valence-electron chi connectivity index (χ4n) is 3.56. The molecule has 1 aromatic heterocycles. The first-order valence-corrected chi connectivity index (χ1v) is 11.6. The van der Waals surface area contributed by atoms with Gasteiger partial charge in [0.05, 0.1) is 24.4 Å². The number of esters is 1. The van der Waals surface area contributed by atoms with E-state index in [-0.39, 0.29) is 38.6 Å². The Bertz CT molecular complexity index is 1280. The number of hydrogen-bond acceptors (Lipinski definition) is 8. The number of para-hydroxylation sites is 2. The zero-order valence-corrected chi connectivity index (χ0v) is 20.2. The van der Waals surface area contributed by atoms with Crippen molar-refractivity contribution in [3.8, 4) is 11.5 Å². The molecule has 0 saturated carbocycles. The number of amides is 3. The van der Waals surface area contributed by atoms with Crippen LogP contribution in [0, 0.1) is 0 Å². The number of carbonyl (C=O) groups is 3. The number of urea groups is 1. The van der Waals surface area contributed by atoms with Gasteiger partial charge in [0.2, 0.25) is 6.79 Å². The standard InChI is InChI=1S/C26H27N5O6/c1-2-35-24(32)11-12-31(26(34)29-18-8-10-22-23(13-18)37-16-36-22)15-17-7-9-21(28-14-17)25(33)30-20-6-4-3-5-19(20)27/h3-10,13-14H,2,11-12,15-16,27H2,1H3,(H,29,34)(H,30,33). The molecule has 0 unspecified atom stereocenters. The van der Waals surface area contributed by atoms with Crippen LogP contribution in [0.15, 0.2) is 60.8 Å². The van der Waals surface area contributed by atoms with Crippen LogP contribution >= 0.6 is 0 Å². The topological polar surface area (TPSA) is 145 Å². The van der Waals surface area contributed by atoms with Crippen molar-refractivity contribution in [1.29, 1.82) is 0 Å². The molecule has 0 bridgehead atoms. The van der Waals surface area contributed by atoms with Crippen molar-refractivity contribution in [2.24, 2.45) is 0 Å². The lowest BCUT2D eigenvalue weighted by atomic mass is 10.2. The maximum Gasteiger partial charge on any atom is 0.322 e. The third-order valence-corrected chi connectivity index (χ3v) is 5.44. The maximum absolute atomic E-state index is 13.1. The lowest BCUT2D eigenvalue weighted by Crippen LogP contribution is -2.36. The van der Waals surface area contributed by atoms with Gasteiger partial charge >= 0.3 is 12.0 Å². The van der Waals surface area contributed by atoms with Crippen LogP contribution < -0.4 is 25.8 Å². The van der Waals surface area contributed by atoms with E-state index in [1.54, 1.807) is 61.5 Å². The largest absolute Gasteiger partial charge is 0.466 e. The SMILES string of the molecule is CCOC(=O)CCN(Cc1ccc(C(=O)Nc2ccccc2N)nc1)C(=O)Nc1ccc2c(c1)OCO2. The van der Waals surface area contributed by atoms with Gasteiger partial charge in [-0.1, -0.05) is 18.2 Å². The zero-order chi connectivity index (χ0) is 26.2. The van der Waals surface area contributed by atoms with Crippen LogP contribution in [-0.2, 0) is 16.1 Å². The number of rotatable bonds is 9. The molecule has 0 fully saturated rings. The minimum Gasteiger partial charge on any atom is -0.466 e. The van der Waals surface area contributed by atoms with E-state index < -0.39 is 17.9 Å². The Hall–Kier alpha value is -4.80. The number of nitrogens with two attached hydrogens (primary N) is 1. The zero-order valence-electron chi connectivity index (χ0n) is 20.2. The number of ether oxygens (including phenoxy) is 3. The molecule has 11 nitrogen and oxygen atoms in total. The first kappa shape index (κ1) is 25.3. The highest BCUT2D eigenvalue weighted by Gasteiger charge is 2.19. The Morgan fingerprint density at radius 2 is 1.86 bits per heavy atom. The number of aromatic nitrogens is 1. The Labute approximate surface area is 213 Å². The molecule has 192 valence electrons. The number of benzene rings is 2. The van der Waals surface area contributed by atoms with Gasteiger partial charge in [0.15, 0.2) is 11.5 Å². The van der Waals surface area contributed by atoms with Crippen molar-refractivity contribution in [2.75, 3.05) is 36.3 Å². The fraction of sp³-hybridized carbons (Fsp3) is 0.231. The number of carbonyl (C=O) groups excluding carboxylic acids is 3. The molecule has 1 aliphatic heterocycles. The number of fused-ring (bicyclic) bond motifs is 1. The third kappa shape index (κ3) is 6.66. The molecule has 0 spiro atoms. The van der Waals surface area contributed by atoms with E-state index in [1.165, 1.54) is 11.1 Å². The Morgan fingerprint density at radius 1 is 1.05 bits per heavy atom. The van der Waals surface area contributed by atoms with Crippen LogP contribution in [0.5, 0.6) is 11.5 Å². The van der Waals surface area contributed by atoms with Crippen LogP contribution in [0.2, 0.25) is 0 Å². The number of hydrogen-bond donors (Lipinski definition) is 3. The first-order chi connectivity index (χ1) is 17.9. The smallest absolute Gasteiger partial charge is 0.322 e. The summed E-state index contributed by atoms with van der Waals surface area (Å²) in [5.74, 6) is 0.311. The Balaban J connectivity index is 1.43. The molecular formula is C26H27N5O6. The van der Waals surface area contributed by atoms with Crippen LogP contribution in [0.1, 0.15) is 29.4 Å². The molecule has 0 aliphatic carbocycles. The van der Waals surface area contributed by atoms with E-state index >= 15 is 0 Å². The molecule has 11 heteroatoms. The number of nitrogens with zero attached hydrogens (tertiary/aromatic N) is 2. The average Bonchev–Trinajstić information content (AvgIpc) is 3.36. The van der Waals surface area contributed by atoms with Gasteiger partial charge in [-0.3, -0.25) is 14.6 Å². The number of pyridine rings is 1. The monoisotopic (exact) mass is 505 g/mol. The van der Waals surface area contributed by atoms with E-state index in [0.717, 1.165) is 0 Å². The molecule has 2 heterocycles. The van der Waals surface area contributed by atoms with Crippen LogP contribution in [0.25, 0.3) is 0 Å². The summed E-state index contributed by atoms with van der Waals surface area (Å²) in [5.41, 5.74) is 8.18. The van der Waals surface area contributed by atoms with Gasteiger partial charge in [0, 0.05) is 31.0 Å². The molecule has 0 atom stereocenters. The average molecular weight is 506 g/mol. The number of anilines is 3. The molecule has 37 heavy (non-hydrogen) atoms. The normalized spacial score (nSPS) is 11.5. The minimum absolute atomic E-state index is 0.0226. The third-order valence-electron chi connectivity index (χ3n) is 5.44. The summed E-state index contributed by atoms with van der Waals surface area (Å²) in [5, 5.41) is 5.54. The van der Waals surface area contributed by atoms with Crippen LogP contribution in [0.4, 0.5) is 21.9 Å². The van der Waals surface area contributed by atoms with E-state index in [1.807, 2.05) is 0 Å².